The van der Waals surface area contributed by atoms with Gasteiger partial charge in [-0.3, -0.25) is 9.59 Å². The average Bonchev–Trinajstić information content (AvgIpc) is 2.91. The smallest absolute Gasteiger partial charge is 0.185 e. The molecule has 0 aromatic carbocycles. The molecular weight excluding hydrogens is 240 g/mol. The average molecular weight is 258 g/mol. The van der Waals surface area contributed by atoms with Crippen molar-refractivity contribution in [2.75, 3.05) is 11.9 Å². The Kier molecular flexibility index (Phi) is 3.69. The van der Waals surface area contributed by atoms with Crippen molar-refractivity contribution >= 4 is 17.4 Å². The molecule has 0 spiro atoms. The number of allylic oxidation sites excluding steroid dienone is 3. The van der Waals surface area contributed by atoms with E-state index in [1.807, 2.05) is 18.3 Å². The van der Waals surface area contributed by atoms with E-state index in [4.69, 9.17) is 0 Å². The summed E-state index contributed by atoms with van der Waals surface area (Å²) in [6, 6.07) is 3.82. The van der Waals surface area contributed by atoms with Crippen molar-refractivity contribution in [2.24, 2.45) is 0 Å². The highest BCUT2D eigenvalue weighted by molar-refractivity contribution is 6.24. The molecule has 1 aliphatic carbocycles. The Balaban J connectivity index is 2.07. The first kappa shape index (κ1) is 13.3. The molecule has 0 radical (unpaired) electrons. The van der Waals surface area contributed by atoms with E-state index >= 15 is 0 Å². The molecule has 2 N–H and O–H groups in total. The third-order valence-electron chi connectivity index (χ3n) is 3.60. The first-order chi connectivity index (χ1) is 9.02. The molecule has 1 aliphatic rings. The monoisotopic (exact) mass is 258 g/mol. The van der Waals surface area contributed by atoms with Crippen LogP contribution in [0.15, 0.2) is 40.6 Å². The molecule has 1 aromatic heterocycles. The fourth-order valence-electron chi connectivity index (χ4n) is 2.22. The van der Waals surface area contributed by atoms with E-state index in [1.165, 1.54) is 0 Å². The molecule has 0 fully saturated rings. The zero-order valence-electron chi connectivity index (χ0n) is 11.5. The topological polar surface area (TPSA) is 62.0 Å². The van der Waals surface area contributed by atoms with Gasteiger partial charge in [-0.05, 0) is 39.3 Å². The minimum Gasteiger partial charge on any atom is -0.371 e. The molecule has 0 saturated carbocycles. The van der Waals surface area contributed by atoms with E-state index in [0.717, 1.165) is 5.82 Å². The van der Waals surface area contributed by atoms with Gasteiger partial charge in [0.05, 0.1) is 0 Å². The molecule has 1 aromatic rings. The SMILES string of the molecule is CC1=C(C)C(=O)C(CCNc2ccc[nH]2)=C(C)C1=O. The van der Waals surface area contributed by atoms with E-state index in [9.17, 15) is 9.59 Å². The van der Waals surface area contributed by atoms with Crippen LogP contribution in [-0.4, -0.2) is 23.1 Å². The van der Waals surface area contributed by atoms with Crippen molar-refractivity contribution < 1.29 is 9.59 Å². The predicted octanol–water partition coefficient (Wildman–Crippen LogP) is 2.62. The highest BCUT2D eigenvalue weighted by atomic mass is 16.1. The molecule has 0 amide bonds. The Labute approximate surface area is 112 Å². The summed E-state index contributed by atoms with van der Waals surface area (Å²) in [5, 5.41) is 3.18. The van der Waals surface area contributed by atoms with Crippen molar-refractivity contribution in [1.82, 2.24) is 4.98 Å². The summed E-state index contributed by atoms with van der Waals surface area (Å²) in [5.74, 6) is 0.908. The van der Waals surface area contributed by atoms with Gasteiger partial charge in [0, 0.05) is 35.0 Å². The number of carbonyl (C=O) groups excluding carboxylic acids is 2. The largest absolute Gasteiger partial charge is 0.371 e. The Hall–Kier alpha value is -2.10. The molecule has 4 heteroatoms. The number of ketones is 2. The Morgan fingerprint density at radius 1 is 1.05 bits per heavy atom. The van der Waals surface area contributed by atoms with E-state index in [0.29, 0.717) is 35.3 Å². The Morgan fingerprint density at radius 3 is 2.37 bits per heavy atom. The summed E-state index contributed by atoms with van der Waals surface area (Å²) in [6.45, 7) is 5.80. The van der Waals surface area contributed by atoms with Crippen LogP contribution in [0.4, 0.5) is 5.82 Å². The second-order valence-electron chi connectivity index (χ2n) is 4.77. The van der Waals surface area contributed by atoms with Gasteiger partial charge >= 0.3 is 0 Å². The first-order valence-electron chi connectivity index (χ1n) is 6.36. The van der Waals surface area contributed by atoms with Crippen LogP contribution in [0.3, 0.4) is 0 Å². The fraction of sp³-hybridized carbons (Fsp3) is 0.333. The lowest BCUT2D eigenvalue weighted by Crippen LogP contribution is -2.22. The Bertz CT molecular complexity index is 577. The van der Waals surface area contributed by atoms with Crippen LogP contribution in [0.2, 0.25) is 0 Å². The summed E-state index contributed by atoms with van der Waals surface area (Å²) in [5.41, 5.74) is 2.36. The molecule has 2 rings (SSSR count). The zero-order valence-corrected chi connectivity index (χ0v) is 11.5. The number of Topliss-reactive ketones (excluding diaryl/α,β-unsaturated/α-hetero) is 2. The van der Waals surface area contributed by atoms with Gasteiger partial charge < -0.3 is 10.3 Å². The molecule has 0 unspecified atom stereocenters. The molecular formula is C15H18N2O2. The van der Waals surface area contributed by atoms with Crippen molar-refractivity contribution in [2.45, 2.75) is 27.2 Å². The molecule has 0 saturated heterocycles. The highest BCUT2D eigenvalue weighted by Crippen LogP contribution is 2.26. The van der Waals surface area contributed by atoms with Crippen LogP contribution < -0.4 is 5.32 Å². The number of aromatic amines is 1. The third-order valence-corrected chi connectivity index (χ3v) is 3.60. The number of carbonyl (C=O) groups is 2. The lowest BCUT2D eigenvalue weighted by Gasteiger charge is -2.18. The number of nitrogens with one attached hydrogen (secondary N) is 2. The maximum absolute atomic E-state index is 12.2. The number of H-pyrrole nitrogens is 1. The lowest BCUT2D eigenvalue weighted by molar-refractivity contribution is -0.116. The van der Waals surface area contributed by atoms with Gasteiger partial charge in [0.2, 0.25) is 0 Å². The van der Waals surface area contributed by atoms with Crippen molar-refractivity contribution in [3.63, 3.8) is 0 Å². The maximum Gasteiger partial charge on any atom is 0.185 e. The number of hydrogen-bond acceptors (Lipinski definition) is 3. The fourth-order valence-corrected chi connectivity index (χ4v) is 2.22. The van der Waals surface area contributed by atoms with Crippen LogP contribution >= 0.6 is 0 Å². The van der Waals surface area contributed by atoms with E-state index in [-0.39, 0.29) is 11.6 Å². The van der Waals surface area contributed by atoms with Crippen molar-refractivity contribution in [3.8, 4) is 0 Å². The van der Waals surface area contributed by atoms with Gasteiger partial charge in [-0.2, -0.15) is 0 Å². The Morgan fingerprint density at radius 2 is 1.74 bits per heavy atom. The number of hydrogen-bond donors (Lipinski definition) is 2. The molecule has 0 atom stereocenters. The summed E-state index contributed by atoms with van der Waals surface area (Å²) >= 11 is 0. The third kappa shape index (κ3) is 2.52. The van der Waals surface area contributed by atoms with Crippen molar-refractivity contribution in [3.05, 3.63) is 40.6 Å². The van der Waals surface area contributed by atoms with Crippen LogP contribution in [0.5, 0.6) is 0 Å². The van der Waals surface area contributed by atoms with Crippen molar-refractivity contribution in [1.29, 1.82) is 0 Å². The summed E-state index contributed by atoms with van der Waals surface area (Å²) in [6.07, 6.45) is 2.39. The van der Waals surface area contributed by atoms with Crippen LogP contribution in [-0.2, 0) is 9.59 Å². The van der Waals surface area contributed by atoms with Crippen LogP contribution in [0.1, 0.15) is 27.2 Å². The minimum absolute atomic E-state index is 0.00267. The van der Waals surface area contributed by atoms with E-state index in [2.05, 4.69) is 10.3 Å². The standard InChI is InChI=1S/C15H18N2O2/c1-9-10(2)15(19)12(11(3)14(9)18)6-8-17-13-5-4-7-16-13/h4-5,7,16-17H,6,8H2,1-3H3. The van der Waals surface area contributed by atoms with E-state index < -0.39 is 0 Å². The quantitative estimate of drug-likeness (QED) is 0.816. The summed E-state index contributed by atoms with van der Waals surface area (Å²) in [4.78, 5) is 27.2. The van der Waals surface area contributed by atoms with Gasteiger partial charge in [0.25, 0.3) is 0 Å². The molecule has 0 aliphatic heterocycles. The van der Waals surface area contributed by atoms with Gasteiger partial charge in [-0.1, -0.05) is 0 Å². The van der Waals surface area contributed by atoms with Gasteiger partial charge in [-0.15, -0.1) is 0 Å². The van der Waals surface area contributed by atoms with Crippen LogP contribution in [0, 0.1) is 0 Å². The summed E-state index contributed by atoms with van der Waals surface area (Å²) < 4.78 is 0. The van der Waals surface area contributed by atoms with E-state index in [1.54, 1.807) is 20.8 Å². The molecule has 4 nitrogen and oxygen atoms in total. The van der Waals surface area contributed by atoms with Gasteiger partial charge in [0.15, 0.2) is 11.6 Å². The molecule has 100 valence electrons. The number of anilines is 1. The first-order valence-corrected chi connectivity index (χ1v) is 6.36. The minimum atomic E-state index is -0.00743. The zero-order chi connectivity index (χ0) is 14.0. The second-order valence-corrected chi connectivity index (χ2v) is 4.77. The highest BCUT2D eigenvalue weighted by Gasteiger charge is 2.27. The second kappa shape index (κ2) is 5.26. The molecule has 1 heterocycles. The predicted molar refractivity (Wildman–Crippen MR) is 75.0 cm³/mol. The molecule has 19 heavy (non-hydrogen) atoms. The van der Waals surface area contributed by atoms with Gasteiger partial charge in [0.1, 0.15) is 5.82 Å². The molecule has 0 bridgehead atoms. The normalized spacial score (nSPS) is 16.4. The number of rotatable bonds is 4. The summed E-state index contributed by atoms with van der Waals surface area (Å²) in [7, 11) is 0. The maximum atomic E-state index is 12.2. The van der Waals surface area contributed by atoms with Gasteiger partial charge in [-0.25, -0.2) is 0 Å². The van der Waals surface area contributed by atoms with Crippen LogP contribution in [0.25, 0.3) is 0 Å². The lowest BCUT2D eigenvalue weighted by atomic mass is 9.84. The number of aromatic nitrogens is 1.